The van der Waals surface area contributed by atoms with Crippen LogP contribution >= 0.6 is 11.3 Å². The van der Waals surface area contributed by atoms with Crippen molar-refractivity contribution in [2.24, 2.45) is 0 Å². The first-order valence-electron chi connectivity index (χ1n) is 9.75. The third-order valence-corrected chi connectivity index (χ3v) is 5.75. The van der Waals surface area contributed by atoms with Crippen LogP contribution in [0.15, 0.2) is 72.8 Å². The van der Waals surface area contributed by atoms with Crippen LogP contribution in [0.4, 0.5) is 5.13 Å². The molecule has 0 unspecified atom stereocenters. The number of Topliss-reactive ketones (excluding diaryl/α,β-unsaturated/α-hetero) is 1. The number of aryl methyl sites for hydroxylation is 1. The van der Waals surface area contributed by atoms with E-state index in [1.54, 1.807) is 6.92 Å². The number of para-hydroxylation sites is 2. The number of nitrogen functional groups attached to an aromatic ring is 1. The molecule has 150 valence electrons. The second-order valence-electron chi connectivity index (χ2n) is 6.83. The summed E-state index contributed by atoms with van der Waals surface area (Å²) in [4.78, 5) is 11.8. The van der Waals surface area contributed by atoms with E-state index in [2.05, 4.69) is 39.9 Å². The summed E-state index contributed by atoms with van der Waals surface area (Å²) in [6, 6.07) is 24.2. The molecule has 0 aliphatic rings. The van der Waals surface area contributed by atoms with Gasteiger partial charge in [-0.05, 0) is 26.0 Å². The van der Waals surface area contributed by atoms with Gasteiger partial charge in [0.25, 0.3) is 0 Å². The van der Waals surface area contributed by atoms with Gasteiger partial charge in [0.2, 0.25) is 5.13 Å². The summed E-state index contributed by atoms with van der Waals surface area (Å²) in [6.45, 7) is 4.61. The molecule has 0 amide bonds. The number of fused-ring (bicyclic) bond motifs is 3. The van der Waals surface area contributed by atoms with Crippen molar-refractivity contribution in [2.75, 3.05) is 5.73 Å². The molecule has 3 aromatic carbocycles. The van der Waals surface area contributed by atoms with Crippen LogP contribution in [0.25, 0.3) is 32.4 Å². The Morgan fingerprint density at radius 2 is 1.63 bits per heavy atom. The lowest BCUT2D eigenvalue weighted by Gasteiger charge is -2.06. The summed E-state index contributed by atoms with van der Waals surface area (Å²) >= 11 is 1.40. The van der Waals surface area contributed by atoms with Gasteiger partial charge in [0, 0.05) is 34.0 Å². The van der Waals surface area contributed by atoms with Gasteiger partial charge in [0.05, 0.1) is 5.52 Å². The average Bonchev–Trinajstić information content (AvgIpc) is 3.36. The van der Waals surface area contributed by atoms with Crippen molar-refractivity contribution in [1.82, 2.24) is 14.8 Å². The van der Waals surface area contributed by atoms with E-state index in [9.17, 15) is 4.79 Å². The van der Waals surface area contributed by atoms with Crippen molar-refractivity contribution >= 4 is 44.1 Å². The smallest absolute Gasteiger partial charge is 0.203 e. The van der Waals surface area contributed by atoms with Crippen LogP contribution in [-0.4, -0.2) is 20.5 Å². The highest BCUT2D eigenvalue weighted by molar-refractivity contribution is 7.18. The van der Waals surface area contributed by atoms with Crippen molar-refractivity contribution in [3.63, 3.8) is 0 Å². The highest BCUT2D eigenvalue weighted by Crippen LogP contribution is 2.31. The lowest BCUT2D eigenvalue weighted by Crippen LogP contribution is -2.00. The second-order valence-corrected chi connectivity index (χ2v) is 7.84. The molecule has 5 aromatic rings. The maximum atomic E-state index is 11.8. The Labute approximate surface area is 178 Å². The summed E-state index contributed by atoms with van der Waals surface area (Å²) in [5, 5.41) is 11.4. The molecular formula is C24H22N4OS. The van der Waals surface area contributed by atoms with Gasteiger partial charge in [-0.2, -0.15) is 0 Å². The van der Waals surface area contributed by atoms with Crippen LogP contribution in [0.1, 0.15) is 24.2 Å². The highest BCUT2D eigenvalue weighted by atomic mass is 32.1. The molecule has 0 aliphatic carbocycles. The van der Waals surface area contributed by atoms with Crippen molar-refractivity contribution in [1.29, 1.82) is 0 Å². The fourth-order valence-corrected chi connectivity index (χ4v) is 4.27. The Morgan fingerprint density at radius 1 is 0.933 bits per heavy atom. The molecule has 0 fully saturated rings. The standard InChI is InChI=1S/C16H15NO.C8H7N3S/c1-3-17-15-10-5-4-7-13(15)14-9-6-8-12(11(2)18)16(14)17;9-8-11-10-7(12-8)6-4-2-1-3-5-6/h4-10H,3H2,1-2H3;1-5H,(H2,9,11). The Balaban J connectivity index is 0.000000158. The molecule has 0 saturated carbocycles. The molecule has 0 atom stereocenters. The zero-order valence-corrected chi connectivity index (χ0v) is 17.7. The van der Waals surface area contributed by atoms with Crippen molar-refractivity contribution < 1.29 is 4.79 Å². The third kappa shape index (κ3) is 3.69. The Morgan fingerprint density at radius 3 is 2.30 bits per heavy atom. The van der Waals surface area contributed by atoms with Crippen molar-refractivity contribution in [3.8, 4) is 10.6 Å². The molecule has 2 aromatic heterocycles. The van der Waals surface area contributed by atoms with Crippen LogP contribution in [0, 0.1) is 0 Å². The van der Waals surface area contributed by atoms with E-state index >= 15 is 0 Å². The van der Waals surface area contributed by atoms with E-state index in [0.717, 1.165) is 28.2 Å². The topological polar surface area (TPSA) is 73.8 Å². The monoisotopic (exact) mass is 414 g/mol. The minimum absolute atomic E-state index is 0.123. The van der Waals surface area contributed by atoms with Crippen LogP contribution in [0.3, 0.4) is 0 Å². The number of aromatic nitrogens is 3. The van der Waals surface area contributed by atoms with Gasteiger partial charge >= 0.3 is 0 Å². The highest BCUT2D eigenvalue weighted by Gasteiger charge is 2.14. The molecule has 0 saturated heterocycles. The Hall–Kier alpha value is -3.51. The van der Waals surface area contributed by atoms with Crippen LogP contribution in [0.5, 0.6) is 0 Å². The normalized spacial score (nSPS) is 10.7. The molecule has 5 rings (SSSR count). The second kappa shape index (κ2) is 8.47. The quantitative estimate of drug-likeness (QED) is 0.378. The molecule has 0 bridgehead atoms. The number of benzene rings is 3. The number of carbonyl (C=O) groups excluding carboxylic acids is 1. The first kappa shape index (κ1) is 19.8. The molecule has 2 heterocycles. The summed E-state index contributed by atoms with van der Waals surface area (Å²) in [5.74, 6) is 0.123. The number of nitrogens with two attached hydrogens (primary N) is 1. The summed E-state index contributed by atoms with van der Waals surface area (Å²) < 4.78 is 2.22. The maximum Gasteiger partial charge on any atom is 0.203 e. The van der Waals surface area contributed by atoms with E-state index in [4.69, 9.17) is 5.73 Å². The minimum atomic E-state index is 0.123. The van der Waals surface area contributed by atoms with Gasteiger partial charge in [0.15, 0.2) is 5.78 Å². The van der Waals surface area contributed by atoms with E-state index in [-0.39, 0.29) is 5.78 Å². The minimum Gasteiger partial charge on any atom is -0.374 e. The SMILES string of the molecule is CCn1c2ccccc2c2cccc(C(C)=O)c21.Nc1nnc(-c2ccccc2)s1. The van der Waals surface area contributed by atoms with Gasteiger partial charge < -0.3 is 10.3 Å². The number of carbonyl (C=O) groups is 1. The summed E-state index contributed by atoms with van der Waals surface area (Å²) in [6.07, 6.45) is 0. The van der Waals surface area contributed by atoms with E-state index in [1.165, 1.54) is 27.6 Å². The molecule has 0 radical (unpaired) electrons. The largest absolute Gasteiger partial charge is 0.374 e. The molecule has 5 nitrogen and oxygen atoms in total. The average molecular weight is 415 g/mol. The zero-order valence-electron chi connectivity index (χ0n) is 16.9. The first-order valence-corrected chi connectivity index (χ1v) is 10.6. The van der Waals surface area contributed by atoms with Gasteiger partial charge in [-0.1, -0.05) is 72.0 Å². The first-order chi connectivity index (χ1) is 14.6. The fourth-order valence-electron chi connectivity index (χ4n) is 3.65. The van der Waals surface area contributed by atoms with Crippen LogP contribution in [-0.2, 0) is 6.54 Å². The van der Waals surface area contributed by atoms with Gasteiger partial charge in [-0.15, -0.1) is 10.2 Å². The van der Waals surface area contributed by atoms with E-state index in [0.29, 0.717) is 5.13 Å². The van der Waals surface area contributed by atoms with Gasteiger partial charge in [-0.25, -0.2) is 0 Å². The number of nitrogens with zero attached hydrogens (tertiary/aromatic N) is 3. The van der Waals surface area contributed by atoms with Crippen LogP contribution < -0.4 is 5.73 Å². The summed E-state index contributed by atoms with van der Waals surface area (Å²) in [5.41, 5.74) is 9.59. The zero-order chi connectivity index (χ0) is 21.1. The van der Waals surface area contributed by atoms with Gasteiger partial charge in [0.1, 0.15) is 5.01 Å². The number of hydrogen-bond donors (Lipinski definition) is 1. The molecule has 6 heteroatoms. The summed E-state index contributed by atoms with van der Waals surface area (Å²) in [7, 11) is 0. The predicted molar refractivity (Wildman–Crippen MR) is 125 cm³/mol. The van der Waals surface area contributed by atoms with E-state index < -0.39 is 0 Å². The lowest BCUT2D eigenvalue weighted by atomic mass is 10.1. The van der Waals surface area contributed by atoms with Crippen molar-refractivity contribution in [3.05, 3.63) is 78.4 Å². The molecule has 2 N–H and O–H groups in total. The predicted octanol–water partition coefficient (Wildman–Crippen LogP) is 5.80. The number of hydrogen-bond acceptors (Lipinski definition) is 5. The Bertz CT molecular complexity index is 1320. The molecule has 0 aliphatic heterocycles. The molecule has 30 heavy (non-hydrogen) atoms. The molecule has 0 spiro atoms. The third-order valence-electron chi connectivity index (χ3n) is 4.95. The van der Waals surface area contributed by atoms with E-state index in [1.807, 2.05) is 54.6 Å². The number of rotatable bonds is 3. The number of ketones is 1. The number of anilines is 1. The molecular weight excluding hydrogens is 392 g/mol. The van der Waals surface area contributed by atoms with Gasteiger partial charge in [-0.3, -0.25) is 4.79 Å². The van der Waals surface area contributed by atoms with Crippen molar-refractivity contribution in [2.45, 2.75) is 20.4 Å². The maximum absolute atomic E-state index is 11.8. The Kier molecular flexibility index (Phi) is 5.59. The fraction of sp³-hybridized carbons (Fsp3) is 0.125. The lowest BCUT2D eigenvalue weighted by molar-refractivity contribution is 0.101. The van der Waals surface area contributed by atoms with Crippen LogP contribution in [0.2, 0.25) is 0 Å².